The molecule has 0 rings (SSSR count). The quantitative estimate of drug-likeness (QED) is 0.307. The molecule has 0 heterocycles. The molecular weight excluding hydrogens is 172 g/mol. The van der Waals surface area contributed by atoms with Gasteiger partial charge in [-0.25, -0.2) is 9.59 Å². The molecule has 4 heteroatoms. The van der Waals surface area contributed by atoms with Crippen LogP contribution in [-0.4, -0.2) is 17.0 Å². The van der Waals surface area contributed by atoms with E-state index in [0.29, 0.717) is 0 Å². The highest BCUT2D eigenvalue weighted by atomic mass is 16.5. The van der Waals surface area contributed by atoms with E-state index < -0.39 is 11.9 Å². The molecule has 0 atom stereocenters. The molecule has 0 aliphatic rings. The van der Waals surface area contributed by atoms with Crippen molar-refractivity contribution in [3.63, 3.8) is 0 Å². The Morgan fingerprint density at radius 1 is 1.46 bits per heavy atom. The van der Waals surface area contributed by atoms with Gasteiger partial charge in [0.25, 0.3) is 0 Å². The molecule has 0 saturated heterocycles. The largest absolute Gasteiger partial charge is 0.478 e. The lowest BCUT2D eigenvalue weighted by Crippen LogP contribution is -2.03. The summed E-state index contributed by atoms with van der Waals surface area (Å²) >= 11 is 0. The van der Waals surface area contributed by atoms with Crippen LogP contribution >= 0.6 is 0 Å². The third kappa shape index (κ3) is 3.91. The van der Waals surface area contributed by atoms with Gasteiger partial charge in [0.1, 0.15) is 0 Å². The lowest BCUT2D eigenvalue weighted by atomic mass is 10.2. The van der Waals surface area contributed by atoms with E-state index in [0.717, 1.165) is 12.3 Å². The molecule has 0 fully saturated rings. The van der Waals surface area contributed by atoms with Crippen molar-refractivity contribution in [3.8, 4) is 0 Å². The third-order valence-electron chi connectivity index (χ3n) is 1.18. The predicted octanol–water partition coefficient (Wildman–Crippen LogP) is 1.26. The van der Waals surface area contributed by atoms with E-state index in [1.54, 1.807) is 0 Å². The zero-order valence-corrected chi connectivity index (χ0v) is 7.24. The van der Waals surface area contributed by atoms with Crippen LogP contribution in [0.3, 0.4) is 0 Å². The van der Waals surface area contributed by atoms with Gasteiger partial charge in [0.15, 0.2) is 0 Å². The summed E-state index contributed by atoms with van der Waals surface area (Å²) in [6, 6.07) is 0. The van der Waals surface area contributed by atoms with Crippen molar-refractivity contribution in [1.29, 1.82) is 0 Å². The Labute approximate surface area is 75.8 Å². The van der Waals surface area contributed by atoms with Crippen molar-refractivity contribution < 1.29 is 19.4 Å². The first kappa shape index (κ1) is 11.2. The summed E-state index contributed by atoms with van der Waals surface area (Å²) in [7, 11) is 0. The first-order chi connectivity index (χ1) is 5.99. The fourth-order valence-electron chi connectivity index (χ4n) is 0.533. The van der Waals surface area contributed by atoms with Gasteiger partial charge in [-0.2, -0.15) is 0 Å². The highest BCUT2D eigenvalue weighted by Crippen LogP contribution is 2.02. The molecule has 0 radical (unpaired) electrons. The second-order valence-corrected chi connectivity index (χ2v) is 2.23. The minimum atomic E-state index is -1.10. The van der Waals surface area contributed by atoms with Crippen LogP contribution in [0.25, 0.3) is 0 Å². The van der Waals surface area contributed by atoms with Crippen LogP contribution in [0.15, 0.2) is 36.6 Å². The number of aliphatic carboxylic acids is 1. The Balaban J connectivity index is 4.46. The zero-order valence-electron chi connectivity index (χ0n) is 7.24. The van der Waals surface area contributed by atoms with Crippen LogP contribution in [-0.2, 0) is 14.3 Å². The molecular formula is C9H10O4. The van der Waals surface area contributed by atoms with E-state index in [9.17, 15) is 9.59 Å². The predicted molar refractivity (Wildman–Crippen MR) is 46.8 cm³/mol. The number of carboxylic acid groups (broad SMARTS) is 1. The minimum absolute atomic E-state index is 0.0195. The number of hydrogen-bond donors (Lipinski definition) is 1. The van der Waals surface area contributed by atoms with Gasteiger partial charge in [-0.05, 0) is 13.0 Å². The van der Waals surface area contributed by atoms with E-state index in [2.05, 4.69) is 17.9 Å². The molecule has 0 aromatic carbocycles. The van der Waals surface area contributed by atoms with Gasteiger partial charge in [0.2, 0.25) is 0 Å². The molecule has 4 nitrogen and oxygen atoms in total. The van der Waals surface area contributed by atoms with Crippen LogP contribution in [0.4, 0.5) is 0 Å². The molecule has 0 aromatic heterocycles. The second kappa shape index (κ2) is 4.92. The second-order valence-electron chi connectivity index (χ2n) is 2.23. The smallest absolute Gasteiger partial charge is 0.342 e. The first-order valence-corrected chi connectivity index (χ1v) is 3.41. The molecule has 70 valence electrons. The van der Waals surface area contributed by atoms with E-state index in [1.807, 2.05) is 0 Å². The van der Waals surface area contributed by atoms with Gasteiger partial charge in [-0.15, -0.1) is 0 Å². The Morgan fingerprint density at radius 2 is 2.00 bits per heavy atom. The minimum Gasteiger partial charge on any atom is -0.478 e. The van der Waals surface area contributed by atoms with Crippen LogP contribution in [0.5, 0.6) is 0 Å². The Hall–Kier alpha value is -1.84. The summed E-state index contributed by atoms with van der Waals surface area (Å²) in [5.74, 6) is -1.82. The standard InChI is InChI=1S/C9H10O4/c1-4-13-9(12)7(3)5-6(2)8(10)11/h4-5H,1,3H2,2H3,(H,10,11). The fraction of sp³-hybridized carbons (Fsp3) is 0.111. The molecule has 0 spiro atoms. The summed E-state index contributed by atoms with van der Waals surface area (Å²) < 4.78 is 4.37. The van der Waals surface area contributed by atoms with Gasteiger partial charge in [-0.1, -0.05) is 13.2 Å². The average molecular weight is 182 g/mol. The Bertz CT molecular complexity index is 286. The van der Waals surface area contributed by atoms with Crippen molar-refractivity contribution >= 4 is 11.9 Å². The first-order valence-electron chi connectivity index (χ1n) is 3.41. The van der Waals surface area contributed by atoms with Gasteiger partial charge < -0.3 is 9.84 Å². The molecule has 13 heavy (non-hydrogen) atoms. The zero-order chi connectivity index (χ0) is 10.4. The topological polar surface area (TPSA) is 63.6 Å². The van der Waals surface area contributed by atoms with E-state index in [-0.39, 0.29) is 11.1 Å². The van der Waals surface area contributed by atoms with Crippen molar-refractivity contribution in [2.24, 2.45) is 0 Å². The normalized spacial score (nSPS) is 10.4. The Morgan fingerprint density at radius 3 is 2.38 bits per heavy atom. The van der Waals surface area contributed by atoms with Crippen LogP contribution in [0.2, 0.25) is 0 Å². The van der Waals surface area contributed by atoms with Gasteiger partial charge in [0, 0.05) is 5.57 Å². The molecule has 1 N–H and O–H groups in total. The third-order valence-corrected chi connectivity index (χ3v) is 1.18. The van der Waals surface area contributed by atoms with Crippen molar-refractivity contribution in [3.05, 3.63) is 36.6 Å². The van der Waals surface area contributed by atoms with Crippen LogP contribution < -0.4 is 0 Å². The number of rotatable bonds is 4. The highest BCUT2D eigenvalue weighted by Gasteiger charge is 2.07. The lowest BCUT2D eigenvalue weighted by Gasteiger charge is -1.97. The average Bonchev–Trinajstić information content (AvgIpc) is 2.04. The van der Waals surface area contributed by atoms with Crippen molar-refractivity contribution in [2.75, 3.05) is 0 Å². The molecule has 0 bridgehead atoms. The van der Waals surface area contributed by atoms with E-state index in [1.165, 1.54) is 6.92 Å². The summed E-state index contributed by atoms with van der Waals surface area (Å²) in [6.45, 7) is 7.87. The van der Waals surface area contributed by atoms with E-state index >= 15 is 0 Å². The molecule has 0 unspecified atom stereocenters. The van der Waals surface area contributed by atoms with E-state index in [4.69, 9.17) is 5.11 Å². The van der Waals surface area contributed by atoms with Gasteiger partial charge in [-0.3, -0.25) is 0 Å². The van der Waals surface area contributed by atoms with Crippen molar-refractivity contribution in [2.45, 2.75) is 6.92 Å². The molecule has 0 amide bonds. The maximum absolute atomic E-state index is 10.9. The summed E-state index contributed by atoms with van der Waals surface area (Å²) in [5.41, 5.74) is -0.00851. The molecule has 0 aliphatic heterocycles. The number of carbonyl (C=O) groups is 2. The molecule has 0 saturated carbocycles. The number of hydrogen-bond acceptors (Lipinski definition) is 3. The number of carboxylic acids is 1. The maximum atomic E-state index is 10.9. The maximum Gasteiger partial charge on any atom is 0.342 e. The molecule has 0 aliphatic carbocycles. The fourth-order valence-corrected chi connectivity index (χ4v) is 0.533. The van der Waals surface area contributed by atoms with Crippen molar-refractivity contribution in [1.82, 2.24) is 0 Å². The van der Waals surface area contributed by atoms with Crippen LogP contribution in [0, 0.1) is 0 Å². The monoisotopic (exact) mass is 182 g/mol. The molecule has 0 aromatic rings. The van der Waals surface area contributed by atoms with Gasteiger partial charge >= 0.3 is 11.9 Å². The summed E-state index contributed by atoms with van der Waals surface area (Å²) in [4.78, 5) is 21.2. The number of ether oxygens (including phenoxy) is 1. The lowest BCUT2D eigenvalue weighted by molar-refractivity contribution is -0.133. The Kier molecular flexibility index (Phi) is 4.23. The van der Waals surface area contributed by atoms with Crippen LogP contribution in [0.1, 0.15) is 6.92 Å². The summed E-state index contributed by atoms with van der Waals surface area (Å²) in [5, 5.41) is 8.46. The number of esters is 1. The number of carbonyl (C=O) groups excluding carboxylic acids is 1. The highest BCUT2D eigenvalue weighted by molar-refractivity contribution is 5.95. The summed E-state index contributed by atoms with van der Waals surface area (Å²) in [6.07, 6.45) is 2.09. The SMILES string of the molecule is C=COC(=O)C(=C)C=C(C)C(=O)O. The van der Waals surface area contributed by atoms with Gasteiger partial charge in [0.05, 0.1) is 11.8 Å².